The Morgan fingerprint density at radius 1 is 0.644 bits per heavy atom. The third kappa shape index (κ3) is 11.6. The van der Waals surface area contributed by atoms with Crippen molar-refractivity contribution in [3.8, 4) is 0 Å². The van der Waals surface area contributed by atoms with Gasteiger partial charge < -0.3 is 35.3 Å². The summed E-state index contributed by atoms with van der Waals surface area (Å²) in [6, 6.07) is 16.9. The van der Waals surface area contributed by atoms with Crippen LogP contribution in [0.1, 0.15) is 118 Å². The molecule has 0 radical (unpaired) electrons. The number of aliphatic hydroxyl groups is 2. The molecular weight excluding hydrogens is 975 g/mol. The van der Waals surface area contributed by atoms with Crippen LogP contribution in [0.15, 0.2) is 58.3 Å². The molecule has 12 rings (SSSR count). The molecule has 6 fully saturated rings. The highest BCUT2D eigenvalue weighted by Crippen LogP contribution is 2.58. The number of amides is 3. The first-order chi connectivity index (χ1) is 35.2. The van der Waals surface area contributed by atoms with Gasteiger partial charge in [-0.2, -0.15) is 10.2 Å². The van der Waals surface area contributed by atoms with E-state index in [1.54, 1.807) is 9.36 Å². The maximum Gasteiger partial charge on any atom is 0.356 e. The van der Waals surface area contributed by atoms with Crippen molar-refractivity contribution in [2.24, 2.45) is 11.8 Å². The molecule has 0 bridgehead atoms. The van der Waals surface area contributed by atoms with Gasteiger partial charge in [0.05, 0.1) is 18.8 Å². The van der Waals surface area contributed by atoms with E-state index in [0.717, 1.165) is 107 Å². The third-order valence-corrected chi connectivity index (χ3v) is 19.2. The third-order valence-electron chi connectivity index (χ3n) is 16.2. The molecular formula is C54H68F2N8O7S2. The summed E-state index contributed by atoms with van der Waals surface area (Å²) in [4.78, 5) is 58.9. The van der Waals surface area contributed by atoms with E-state index in [2.05, 4.69) is 77.9 Å². The van der Waals surface area contributed by atoms with Crippen molar-refractivity contribution in [2.45, 2.75) is 148 Å². The molecule has 2 aromatic carbocycles. The summed E-state index contributed by atoms with van der Waals surface area (Å²) in [6.07, 6.45) is 4.28. The number of carboxylic acids is 1. The van der Waals surface area contributed by atoms with E-state index in [1.165, 1.54) is 25.8 Å². The molecule has 0 spiro atoms. The number of benzene rings is 2. The quantitative estimate of drug-likeness (QED) is 0.141. The highest BCUT2D eigenvalue weighted by Gasteiger charge is 2.52. The summed E-state index contributed by atoms with van der Waals surface area (Å²) in [5, 5.41) is 40.7. The van der Waals surface area contributed by atoms with E-state index >= 15 is 0 Å². The Bertz CT molecular complexity index is 2680. The van der Waals surface area contributed by atoms with Gasteiger partial charge in [0, 0.05) is 82.1 Å². The number of thioether (sulfide) groups is 2. The summed E-state index contributed by atoms with van der Waals surface area (Å²) in [6.45, 7) is 8.81. The van der Waals surface area contributed by atoms with E-state index in [-0.39, 0.29) is 49.5 Å². The Kier molecular flexibility index (Phi) is 15.7. The Morgan fingerprint density at radius 3 is 1.56 bits per heavy atom. The number of piperidine rings is 4. The van der Waals surface area contributed by atoms with Crippen molar-refractivity contribution >= 4 is 47.2 Å². The van der Waals surface area contributed by atoms with Crippen molar-refractivity contribution < 1.29 is 43.3 Å². The van der Waals surface area contributed by atoms with Gasteiger partial charge in [-0.1, -0.05) is 36.4 Å². The van der Waals surface area contributed by atoms with Gasteiger partial charge in [0.1, 0.15) is 25.4 Å². The van der Waals surface area contributed by atoms with Crippen LogP contribution in [-0.4, -0.2) is 161 Å². The molecule has 3 amide bonds. The number of carbonyl (C=O) groups is 4. The van der Waals surface area contributed by atoms with E-state index in [4.69, 9.17) is 5.11 Å². The predicted molar refractivity (Wildman–Crippen MR) is 274 cm³/mol. The maximum absolute atomic E-state index is 14.1. The number of nitrogens with zero attached hydrogens (tertiary/aromatic N) is 7. The lowest BCUT2D eigenvalue weighted by Crippen LogP contribution is -2.47. The summed E-state index contributed by atoms with van der Waals surface area (Å²) < 4.78 is 29.8. The van der Waals surface area contributed by atoms with Crippen LogP contribution in [-0.2, 0) is 35.5 Å². The first-order valence-corrected chi connectivity index (χ1v) is 28.0. The van der Waals surface area contributed by atoms with E-state index in [0.29, 0.717) is 59.4 Å². The molecule has 73 heavy (non-hydrogen) atoms. The van der Waals surface area contributed by atoms with Crippen molar-refractivity contribution in [3.05, 3.63) is 93.6 Å². The first-order valence-electron chi connectivity index (χ1n) is 26.3. The number of aromatic nitrogens is 4. The number of carboxylic acid groups (broad SMARTS) is 1. The zero-order valence-corrected chi connectivity index (χ0v) is 43.3. The average Bonchev–Trinajstić information content (AvgIpc) is 4.15. The zero-order chi connectivity index (χ0) is 51.1. The Morgan fingerprint density at radius 2 is 1.11 bits per heavy atom. The number of rotatable bonds is 10. The van der Waals surface area contributed by atoms with Crippen molar-refractivity contribution in [1.82, 2.24) is 39.6 Å². The van der Waals surface area contributed by atoms with Crippen LogP contribution in [0.2, 0.25) is 0 Å². The number of hydrogen-bond donors (Lipinski definition) is 4. The second-order valence-corrected chi connectivity index (χ2v) is 24.0. The van der Waals surface area contributed by atoms with Gasteiger partial charge in [0.2, 0.25) is 11.8 Å². The molecule has 2 saturated carbocycles. The van der Waals surface area contributed by atoms with Gasteiger partial charge in [-0.15, -0.1) is 23.5 Å². The van der Waals surface area contributed by atoms with E-state index < -0.39 is 30.5 Å². The fourth-order valence-electron chi connectivity index (χ4n) is 11.6. The molecule has 4 aliphatic heterocycles. The van der Waals surface area contributed by atoms with E-state index in [1.807, 2.05) is 33.3 Å². The largest absolute Gasteiger partial charge is 0.476 e. The maximum atomic E-state index is 14.1. The average molecular weight is 1040 g/mol. The Balaban J connectivity index is 0.000000148. The lowest BCUT2D eigenvalue weighted by atomic mass is 10.0. The summed E-state index contributed by atoms with van der Waals surface area (Å²) >= 11 is 3.83. The molecule has 4 aromatic rings. The number of aliphatic hydroxyl groups excluding tert-OH is 2. The van der Waals surface area contributed by atoms with Gasteiger partial charge in [0.25, 0.3) is 5.91 Å². The van der Waals surface area contributed by atoms with Crippen LogP contribution in [0.25, 0.3) is 0 Å². The summed E-state index contributed by atoms with van der Waals surface area (Å²) in [5.74, 6) is 0.649. The number of halogens is 2. The summed E-state index contributed by atoms with van der Waals surface area (Å²) in [7, 11) is 0. The normalized spacial score (nSPS) is 27.1. The topological polar surface area (TPSA) is 186 Å². The van der Waals surface area contributed by atoms with Crippen LogP contribution in [0.4, 0.5) is 8.78 Å². The zero-order valence-electron chi connectivity index (χ0n) is 41.7. The van der Waals surface area contributed by atoms with Crippen LogP contribution < -0.4 is 5.32 Å². The monoisotopic (exact) mass is 1040 g/mol. The molecule has 8 aliphatic rings. The second kappa shape index (κ2) is 22.2. The van der Waals surface area contributed by atoms with Gasteiger partial charge in [-0.05, 0) is 132 Å². The molecule has 19 heteroatoms. The number of fused-ring (bicyclic) bond motifs is 6. The molecule has 6 heterocycles. The highest BCUT2D eigenvalue weighted by molar-refractivity contribution is 8.00. The SMILES string of the molecule is Cc1ccccc1SC1CCN(C(=O)Cn2nc(C(=O)N3CC[C@@H](O)[C@@H](F)C3)c3c2C[C@H]2C[C@@H]32)CC1.Cc1ccccc1SC1CCN(C(=O)Cn2nc(C(=O)O)c3c2C[C@H]2C[C@@H]32)CC1.O[C@@H]1CCNC[C@@H]1F. The lowest BCUT2D eigenvalue weighted by Gasteiger charge is -2.32. The molecule has 392 valence electrons. The Hall–Kier alpha value is -4.82. The Labute approximate surface area is 433 Å². The minimum atomic E-state index is -1.43. The number of alkyl halides is 2. The van der Waals surface area contributed by atoms with Gasteiger partial charge in [-0.3, -0.25) is 23.7 Å². The molecule has 4 saturated heterocycles. The van der Waals surface area contributed by atoms with Crippen molar-refractivity contribution in [2.75, 3.05) is 52.4 Å². The summed E-state index contributed by atoms with van der Waals surface area (Å²) in [5.41, 5.74) is 6.99. The van der Waals surface area contributed by atoms with Gasteiger partial charge in [-0.25, -0.2) is 13.6 Å². The number of aromatic carboxylic acids is 1. The number of carbonyl (C=O) groups excluding carboxylic acids is 3. The smallest absolute Gasteiger partial charge is 0.356 e. The first kappa shape index (κ1) is 51.7. The number of hydrogen-bond acceptors (Lipinski definition) is 11. The van der Waals surface area contributed by atoms with E-state index in [9.17, 15) is 38.2 Å². The van der Waals surface area contributed by atoms with Gasteiger partial charge >= 0.3 is 5.97 Å². The standard InChI is InChI=1S/C27H33FN4O3S.C22H25N3O3S.C5H10FNO/c1-16-4-2-3-5-23(16)36-18-6-9-30(10-7-18)24(34)15-32-21-13-17-12-19(17)25(21)26(29-32)27(35)31-11-8-22(33)20(28)14-31;1-13-4-2-3-5-18(13)29-15-6-8-24(9-7-15)19(26)12-25-17-11-14-10-16(14)20(17)21(23-25)22(27)28;6-4-3-7-2-1-5(4)8/h2-5,17-20,22,33H,6-15H2,1H3;2-5,14-16H,6-12H2,1H3,(H,27,28);4-5,7-8H,1-3H2/t17-,19-,20+,22-;14-,16-;4-,5+/m110/s1. The van der Waals surface area contributed by atoms with Crippen LogP contribution >= 0.6 is 23.5 Å². The lowest BCUT2D eigenvalue weighted by molar-refractivity contribution is -0.133. The molecule has 0 unspecified atom stereocenters. The van der Waals surface area contributed by atoms with Crippen LogP contribution in [0.5, 0.6) is 0 Å². The minimum absolute atomic E-state index is 0.0455. The molecule has 4 N–H and O–H groups in total. The number of aryl methyl sites for hydroxylation is 2. The fraction of sp³-hybridized carbons (Fsp3) is 0.593. The highest BCUT2D eigenvalue weighted by atomic mass is 32.2. The molecule has 8 atom stereocenters. The number of likely N-dealkylation sites (tertiary alicyclic amines) is 3. The number of nitrogens with one attached hydrogen (secondary N) is 1. The molecule has 2 aromatic heterocycles. The van der Waals surface area contributed by atoms with Crippen molar-refractivity contribution in [3.63, 3.8) is 0 Å². The molecule has 4 aliphatic carbocycles. The second-order valence-electron chi connectivity index (χ2n) is 21.3. The van der Waals surface area contributed by atoms with Crippen molar-refractivity contribution in [1.29, 1.82) is 0 Å². The predicted octanol–water partition coefficient (Wildman–Crippen LogP) is 6.19. The van der Waals surface area contributed by atoms with Crippen LogP contribution in [0, 0.1) is 25.7 Å². The fourth-order valence-corrected chi connectivity index (χ4v) is 14.1. The van der Waals surface area contributed by atoms with Crippen LogP contribution in [0.3, 0.4) is 0 Å². The van der Waals surface area contributed by atoms with Gasteiger partial charge in [0.15, 0.2) is 11.4 Å². The minimum Gasteiger partial charge on any atom is -0.476 e. The molecule has 15 nitrogen and oxygen atoms in total.